The maximum absolute atomic E-state index is 12.3. The molecule has 1 aliphatic rings. The molecule has 140 valence electrons. The SMILES string of the molecule is CN1CCN(CCCNC(=O)c2cccc(C#N)c2)C(c2ccccc2)C1. The summed E-state index contributed by atoms with van der Waals surface area (Å²) in [6, 6.07) is 19.9. The fourth-order valence-electron chi connectivity index (χ4n) is 3.53. The molecule has 2 aromatic carbocycles. The van der Waals surface area contributed by atoms with E-state index < -0.39 is 0 Å². The minimum absolute atomic E-state index is 0.120. The summed E-state index contributed by atoms with van der Waals surface area (Å²) in [5.41, 5.74) is 2.39. The molecule has 27 heavy (non-hydrogen) atoms. The lowest BCUT2D eigenvalue weighted by Crippen LogP contribution is -2.47. The molecule has 1 atom stereocenters. The molecule has 1 N–H and O–H groups in total. The van der Waals surface area contributed by atoms with Crippen LogP contribution in [0.3, 0.4) is 0 Å². The number of piperazine rings is 1. The first-order valence-corrected chi connectivity index (χ1v) is 9.43. The third-order valence-corrected chi connectivity index (χ3v) is 5.04. The van der Waals surface area contributed by atoms with Crippen LogP contribution >= 0.6 is 0 Å². The second kappa shape index (κ2) is 9.31. The van der Waals surface area contributed by atoms with Gasteiger partial charge in [-0.1, -0.05) is 36.4 Å². The molecule has 0 aromatic heterocycles. The number of nitrogens with one attached hydrogen (secondary N) is 1. The molecule has 1 fully saturated rings. The standard InChI is InChI=1S/C22H26N4O/c1-25-13-14-26(21(17-25)19-8-3-2-4-9-19)12-6-11-24-22(27)20-10-5-7-18(15-20)16-23/h2-5,7-10,15,21H,6,11-14,17H2,1H3,(H,24,27). The number of hydrogen-bond donors (Lipinski definition) is 1. The summed E-state index contributed by atoms with van der Waals surface area (Å²) in [6.45, 7) is 4.71. The van der Waals surface area contributed by atoms with Crippen molar-refractivity contribution in [2.24, 2.45) is 0 Å². The van der Waals surface area contributed by atoms with E-state index in [9.17, 15) is 4.79 Å². The third-order valence-electron chi connectivity index (χ3n) is 5.04. The molecule has 1 heterocycles. The number of likely N-dealkylation sites (N-methyl/N-ethyl adjacent to an activating group) is 1. The Bertz CT molecular complexity index is 799. The Kier molecular flexibility index (Phi) is 6.59. The van der Waals surface area contributed by atoms with Gasteiger partial charge >= 0.3 is 0 Å². The van der Waals surface area contributed by atoms with Gasteiger partial charge in [0.05, 0.1) is 11.6 Å². The van der Waals surface area contributed by atoms with Crippen molar-refractivity contribution in [2.45, 2.75) is 12.5 Å². The summed E-state index contributed by atoms with van der Waals surface area (Å²) in [5, 5.41) is 11.9. The molecule has 5 heteroatoms. The minimum atomic E-state index is -0.120. The van der Waals surface area contributed by atoms with Gasteiger partial charge in [-0.3, -0.25) is 9.69 Å². The van der Waals surface area contributed by atoms with Crippen LogP contribution in [0.25, 0.3) is 0 Å². The summed E-state index contributed by atoms with van der Waals surface area (Å²) < 4.78 is 0. The Labute approximate surface area is 161 Å². The number of hydrogen-bond acceptors (Lipinski definition) is 4. The first-order valence-electron chi connectivity index (χ1n) is 9.43. The van der Waals surface area contributed by atoms with E-state index in [-0.39, 0.29) is 5.91 Å². The van der Waals surface area contributed by atoms with Crippen molar-refractivity contribution in [3.05, 3.63) is 71.3 Å². The zero-order valence-corrected chi connectivity index (χ0v) is 15.8. The van der Waals surface area contributed by atoms with Crippen molar-refractivity contribution in [2.75, 3.05) is 39.8 Å². The highest BCUT2D eigenvalue weighted by Gasteiger charge is 2.25. The van der Waals surface area contributed by atoms with Crippen LogP contribution in [0.1, 0.15) is 33.9 Å². The van der Waals surface area contributed by atoms with Crippen LogP contribution in [0, 0.1) is 11.3 Å². The van der Waals surface area contributed by atoms with Crippen molar-refractivity contribution in [1.29, 1.82) is 5.26 Å². The van der Waals surface area contributed by atoms with Gasteiger partial charge in [-0.15, -0.1) is 0 Å². The predicted octanol–water partition coefficient (Wildman–Crippen LogP) is 2.67. The normalized spacial score (nSPS) is 18.0. The lowest BCUT2D eigenvalue weighted by molar-refractivity contribution is 0.0866. The fraction of sp³-hybridized carbons (Fsp3) is 0.364. The quantitative estimate of drug-likeness (QED) is 0.803. The number of carbonyl (C=O) groups is 1. The van der Waals surface area contributed by atoms with E-state index in [1.165, 1.54) is 5.56 Å². The van der Waals surface area contributed by atoms with E-state index >= 15 is 0 Å². The smallest absolute Gasteiger partial charge is 0.251 e. The molecule has 1 saturated heterocycles. The topological polar surface area (TPSA) is 59.4 Å². The second-order valence-corrected chi connectivity index (χ2v) is 7.03. The van der Waals surface area contributed by atoms with Crippen molar-refractivity contribution >= 4 is 5.91 Å². The highest BCUT2D eigenvalue weighted by atomic mass is 16.1. The molecule has 5 nitrogen and oxygen atoms in total. The van der Waals surface area contributed by atoms with Gasteiger partial charge in [0, 0.05) is 44.3 Å². The van der Waals surface area contributed by atoms with E-state index in [0.29, 0.717) is 23.7 Å². The van der Waals surface area contributed by atoms with Crippen LogP contribution in [0.15, 0.2) is 54.6 Å². The Hall–Kier alpha value is -2.68. The number of nitrogens with zero attached hydrogens (tertiary/aromatic N) is 3. The first-order chi connectivity index (χ1) is 13.2. The summed E-state index contributed by atoms with van der Waals surface area (Å²) >= 11 is 0. The summed E-state index contributed by atoms with van der Waals surface area (Å²) in [7, 11) is 2.17. The molecule has 1 amide bonds. The molecular weight excluding hydrogens is 336 g/mol. The van der Waals surface area contributed by atoms with E-state index in [4.69, 9.17) is 5.26 Å². The van der Waals surface area contributed by atoms with Crippen LogP contribution in [0.2, 0.25) is 0 Å². The van der Waals surface area contributed by atoms with E-state index in [0.717, 1.165) is 32.6 Å². The number of rotatable bonds is 6. The lowest BCUT2D eigenvalue weighted by Gasteiger charge is -2.40. The van der Waals surface area contributed by atoms with Gasteiger partial charge in [0.25, 0.3) is 5.91 Å². The summed E-state index contributed by atoms with van der Waals surface area (Å²) in [5.74, 6) is -0.120. The number of nitriles is 1. The average Bonchev–Trinajstić information content (AvgIpc) is 2.72. The maximum Gasteiger partial charge on any atom is 0.251 e. The Morgan fingerprint density at radius 2 is 2.00 bits per heavy atom. The van der Waals surface area contributed by atoms with Crippen LogP contribution in [0.5, 0.6) is 0 Å². The van der Waals surface area contributed by atoms with Gasteiger partial charge in [0.15, 0.2) is 0 Å². The maximum atomic E-state index is 12.3. The molecule has 0 bridgehead atoms. The van der Waals surface area contributed by atoms with Crippen LogP contribution in [0.4, 0.5) is 0 Å². The van der Waals surface area contributed by atoms with Gasteiger partial charge in [0.1, 0.15) is 0 Å². The molecule has 0 radical (unpaired) electrons. The van der Waals surface area contributed by atoms with Gasteiger partial charge in [-0.2, -0.15) is 5.26 Å². The fourth-order valence-corrected chi connectivity index (χ4v) is 3.53. The third kappa shape index (κ3) is 5.16. The molecular formula is C22H26N4O. The van der Waals surface area contributed by atoms with Crippen LogP contribution in [-0.4, -0.2) is 55.5 Å². The number of carbonyl (C=O) groups excluding carboxylic acids is 1. The molecule has 0 aliphatic carbocycles. The zero-order valence-electron chi connectivity index (χ0n) is 15.8. The van der Waals surface area contributed by atoms with Gasteiger partial charge in [-0.05, 0) is 37.2 Å². The van der Waals surface area contributed by atoms with Crippen molar-refractivity contribution < 1.29 is 4.79 Å². The summed E-state index contributed by atoms with van der Waals surface area (Å²) in [6.07, 6.45) is 0.900. The molecule has 1 unspecified atom stereocenters. The van der Waals surface area contributed by atoms with Crippen molar-refractivity contribution in [1.82, 2.24) is 15.1 Å². The van der Waals surface area contributed by atoms with E-state index in [1.807, 2.05) is 0 Å². The van der Waals surface area contributed by atoms with Crippen molar-refractivity contribution in [3.8, 4) is 6.07 Å². The number of benzene rings is 2. The monoisotopic (exact) mass is 362 g/mol. The molecule has 2 aromatic rings. The number of amides is 1. The van der Waals surface area contributed by atoms with Gasteiger partial charge < -0.3 is 10.2 Å². The first kappa shape index (κ1) is 19.1. The Morgan fingerprint density at radius 1 is 1.19 bits per heavy atom. The predicted molar refractivity (Wildman–Crippen MR) is 106 cm³/mol. The van der Waals surface area contributed by atoms with Crippen molar-refractivity contribution in [3.63, 3.8) is 0 Å². The molecule has 1 aliphatic heterocycles. The van der Waals surface area contributed by atoms with Gasteiger partial charge in [0.2, 0.25) is 0 Å². The van der Waals surface area contributed by atoms with E-state index in [1.54, 1.807) is 24.3 Å². The highest BCUT2D eigenvalue weighted by Crippen LogP contribution is 2.24. The zero-order chi connectivity index (χ0) is 19.1. The molecule has 3 rings (SSSR count). The summed E-state index contributed by atoms with van der Waals surface area (Å²) in [4.78, 5) is 17.1. The Balaban J connectivity index is 1.51. The van der Waals surface area contributed by atoms with Crippen LogP contribution < -0.4 is 5.32 Å². The molecule has 0 saturated carbocycles. The van der Waals surface area contributed by atoms with E-state index in [2.05, 4.69) is 58.6 Å². The average molecular weight is 362 g/mol. The Morgan fingerprint density at radius 3 is 2.78 bits per heavy atom. The minimum Gasteiger partial charge on any atom is -0.352 e. The largest absolute Gasteiger partial charge is 0.352 e. The second-order valence-electron chi connectivity index (χ2n) is 7.03. The van der Waals surface area contributed by atoms with Crippen LogP contribution in [-0.2, 0) is 0 Å². The van der Waals surface area contributed by atoms with Gasteiger partial charge in [-0.25, -0.2) is 0 Å². The lowest BCUT2D eigenvalue weighted by atomic mass is 10.0. The highest BCUT2D eigenvalue weighted by molar-refractivity contribution is 5.94. The molecule has 0 spiro atoms.